The zero-order valence-corrected chi connectivity index (χ0v) is 18.1. The molecule has 0 saturated heterocycles. The molecule has 4 rings (SSSR count). The largest absolute Gasteiger partial charge is 0.492 e. The highest BCUT2D eigenvalue weighted by Gasteiger charge is 2.23. The van der Waals surface area contributed by atoms with Gasteiger partial charge in [-0.1, -0.05) is 43.3 Å². The molecule has 1 aliphatic rings. The van der Waals surface area contributed by atoms with Gasteiger partial charge in [0.05, 0.1) is 17.9 Å². The van der Waals surface area contributed by atoms with Crippen LogP contribution in [0.2, 0.25) is 0 Å². The van der Waals surface area contributed by atoms with Crippen LogP contribution in [0.15, 0.2) is 72.8 Å². The number of hydrogen-bond donors (Lipinski definition) is 1. The summed E-state index contributed by atoms with van der Waals surface area (Å²) < 4.78 is 17.4. The van der Waals surface area contributed by atoms with Crippen molar-refractivity contribution in [1.29, 1.82) is 0 Å². The fourth-order valence-corrected chi connectivity index (χ4v) is 3.69. The monoisotopic (exact) mass is 433 g/mol. The molecule has 0 saturated carbocycles. The van der Waals surface area contributed by atoms with Crippen LogP contribution in [0.4, 0.5) is 11.4 Å². The van der Waals surface area contributed by atoms with E-state index < -0.39 is 12.1 Å². The number of ether oxygens (including phenoxy) is 3. The molecule has 0 aromatic heterocycles. The van der Waals surface area contributed by atoms with Gasteiger partial charge in [0.2, 0.25) is 0 Å². The second-order valence-electron chi connectivity index (χ2n) is 7.58. The first-order chi connectivity index (χ1) is 15.7. The van der Waals surface area contributed by atoms with Gasteiger partial charge >= 0.3 is 5.97 Å². The van der Waals surface area contributed by atoms with Crippen LogP contribution >= 0.6 is 0 Å². The maximum absolute atomic E-state index is 11.4. The second kappa shape index (κ2) is 10.2. The molecule has 1 atom stereocenters. The van der Waals surface area contributed by atoms with Crippen LogP contribution in [0.5, 0.6) is 17.2 Å². The number of carbonyl (C=O) groups is 1. The third kappa shape index (κ3) is 5.03. The number of carboxylic acid groups (broad SMARTS) is 1. The molecule has 166 valence electrons. The lowest BCUT2D eigenvalue weighted by Gasteiger charge is -2.32. The van der Waals surface area contributed by atoms with Gasteiger partial charge < -0.3 is 24.2 Å². The molecular formula is C26H27NO5. The first kappa shape index (κ1) is 21.7. The summed E-state index contributed by atoms with van der Waals surface area (Å²) in [5.41, 5.74) is 2.92. The number of anilines is 2. The fraction of sp³-hybridized carbons (Fsp3) is 0.269. The number of rotatable bonds is 10. The van der Waals surface area contributed by atoms with E-state index in [9.17, 15) is 9.90 Å². The van der Waals surface area contributed by atoms with Gasteiger partial charge in [-0.2, -0.15) is 0 Å². The zero-order valence-electron chi connectivity index (χ0n) is 18.1. The van der Waals surface area contributed by atoms with Crippen molar-refractivity contribution >= 4 is 17.3 Å². The summed E-state index contributed by atoms with van der Waals surface area (Å²) >= 11 is 0. The molecule has 32 heavy (non-hydrogen) atoms. The van der Waals surface area contributed by atoms with Gasteiger partial charge in [-0.3, -0.25) is 0 Å². The fourth-order valence-electron chi connectivity index (χ4n) is 3.69. The molecular weight excluding hydrogens is 406 g/mol. The smallest absolute Gasteiger partial charge is 0.333 e. The van der Waals surface area contributed by atoms with Crippen molar-refractivity contribution in [3.63, 3.8) is 0 Å². The number of carboxylic acids is 1. The Balaban J connectivity index is 1.38. The number of para-hydroxylation sites is 4. The van der Waals surface area contributed by atoms with Crippen LogP contribution in [0.1, 0.15) is 18.9 Å². The molecule has 0 bridgehead atoms. The Morgan fingerprint density at radius 1 is 0.938 bits per heavy atom. The molecule has 1 N–H and O–H groups in total. The van der Waals surface area contributed by atoms with E-state index in [1.165, 1.54) is 0 Å². The molecule has 3 aromatic rings. The van der Waals surface area contributed by atoms with E-state index in [-0.39, 0.29) is 0 Å². The molecule has 6 heteroatoms. The average Bonchev–Trinajstić information content (AvgIpc) is 2.82. The third-order valence-corrected chi connectivity index (χ3v) is 5.26. The van der Waals surface area contributed by atoms with Crippen molar-refractivity contribution in [2.75, 3.05) is 24.7 Å². The Morgan fingerprint density at radius 2 is 1.56 bits per heavy atom. The molecule has 1 aliphatic heterocycles. The highest BCUT2D eigenvalue weighted by molar-refractivity contribution is 5.77. The van der Waals surface area contributed by atoms with Crippen LogP contribution < -0.4 is 14.4 Å². The molecule has 1 heterocycles. The topological polar surface area (TPSA) is 68.2 Å². The Hall–Kier alpha value is -3.51. The SMILES string of the molecule is CCCO[C@@H](Cc1ccc(OCCN2c3ccccc3Oc3ccccc32)cc1)C(=O)O. The standard InChI is InChI=1S/C26H27NO5/c1-2-16-31-25(26(28)29)18-19-11-13-20(14-12-19)30-17-15-27-21-7-3-5-9-23(21)32-24-10-6-4-8-22(24)27/h3-14,25H,2,15-18H2,1H3,(H,28,29)/t25-/m0/s1. The summed E-state index contributed by atoms with van der Waals surface area (Å²) in [6, 6.07) is 23.5. The highest BCUT2D eigenvalue weighted by atomic mass is 16.5. The predicted octanol–water partition coefficient (Wildman–Crippen LogP) is 5.43. The lowest BCUT2D eigenvalue weighted by Crippen LogP contribution is -2.27. The summed E-state index contributed by atoms with van der Waals surface area (Å²) in [6.07, 6.45) is 0.286. The zero-order chi connectivity index (χ0) is 22.3. The predicted molar refractivity (Wildman–Crippen MR) is 123 cm³/mol. The first-order valence-corrected chi connectivity index (χ1v) is 10.9. The quantitative estimate of drug-likeness (QED) is 0.460. The van der Waals surface area contributed by atoms with Gasteiger partial charge in [-0.05, 0) is 48.4 Å². The van der Waals surface area contributed by atoms with Gasteiger partial charge in [0.15, 0.2) is 17.6 Å². The lowest BCUT2D eigenvalue weighted by molar-refractivity contribution is -0.150. The molecule has 0 aliphatic carbocycles. The Bertz CT molecular complexity index is 1000. The Kier molecular flexibility index (Phi) is 6.92. The summed E-state index contributed by atoms with van der Waals surface area (Å²) in [5.74, 6) is 1.46. The van der Waals surface area contributed by atoms with E-state index >= 15 is 0 Å². The van der Waals surface area contributed by atoms with E-state index in [0.29, 0.717) is 26.2 Å². The van der Waals surface area contributed by atoms with E-state index in [0.717, 1.165) is 40.6 Å². The molecule has 3 aromatic carbocycles. The van der Waals surface area contributed by atoms with Crippen LogP contribution in [0.3, 0.4) is 0 Å². The number of benzene rings is 3. The minimum absolute atomic E-state index is 0.330. The van der Waals surface area contributed by atoms with E-state index in [1.807, 2.05) is 79.7 Å². The molecule has 0 unspecified atom stereocenters. The Labute approximate surface area is 188 Å². The van der Waals surface area contributed by atoms with Crippen LogP contribution in [0.25, 0.3) is 0 Å². The first-order valence-electron chi connectivity index (χ1n) is 10.9. The van der Waals surface area contributed by atoms with Crippen molar-refractivity contribution in [3.8, 4) is 17.2 Å². The van der Waals surface area contributed by atoms with Crippen molar-refractivity contribution in [2.45, 2.75) is 25.9 Å². The van der Waals surface area contributed by atoms with Crippen molar-refractivity contribution in [3.05, 3.63) is 78.4 Å². The highest BCUT2D eigenvalue weighted by Crippen LogP contribution is 2.45. The number of aliphatic carboxylic acids is 1. The van der Waals surface area contributed by atoms with Crippen molar-refractivity contribution in [2.24, 2.45) is 0 Å². The summed E-state index contributed by atoms with van der Waals surface area (Å²) in [4.78, 5) is 13.6. The molecule has 0 amide bonds. The minimum Gasteiger partial charge on any atom is -0.492 e. The van der Waals surface area contributed by atoms with E-state index in [1.54, 1.807) is 0 Å². The van der Waals surface area contributed by atoms with E-state index in [4.69, 9.17) is 14.2 Å². The van der Waals surface area contributed by atoms with Crippen molar-refractivity contribution in [1.82, 2.24) is 0 Å². The normalized spacial score (nSPS) is 13.0. The van der Waals surface area contributed by atoms with Gasteiger partial charge in [0.1, 0.15) is 12.4 Å². The third-order valence-electron chi connectivity index (χ3n) is 5.26. The second-order valence-corrected chi connectivity index (χ2v) is 7.58. The maximum Gasteiger partial charge on any atom is 0.333 e. The molecule has 0 fully saturated rings. The summed E-state index contributed by atoms with van der Waals surface area (Å²) in [6.45, 7) is 3.54. The Morgan fingerprint density at radius 3 is 2.16 bits per heavy atom. The maximum atomic E-state index is 11.4. The number of nitrogens with zero attached hydrogens (tertiary/aromatic N) is 1. The summed E-state index contributed by atoms with van der Waals surface area (Å²) in [7, 11) is 0. The van der Waals surface area contributed by atoms with Crippen LogP contribution in [-0.2, 0) is 16.0 Å². The van der Waals surface area contributed by atoms with Gasteiger partial charge in [-0.15, -0.1) is 0 Å². The minimum atomic E-state index is -0.940. The lowest BCUT2D eigenvalue weighted by atomic mass is 10.1. The van der Waals surface area contributed by atoms with Gasteiger partial charge in [0, 0.05) is 13.0 Å². The van der Waals surface area contributed by atoms with E-state index in [2.05, 4.69) is 4.90 Å². The molecule has 0 radical (unpaired) electrons. The van der Waals surface area contributed by atoms with Gasteiger partial charge in [-0.25, -0.2) is 4.79 Å². The molecule has 0 spiro atoms. The van der Waals surface area contributed by atoms with Crippen molar-refractivity contribution < 1.29 is 24.1 Å². The van der Waals surface area contributed by atoms with Crippen LogP contribution in [0, 0.1) is 0 Å². The molecule has 6 nitrogen and oxygen atoms in total. The number of fused-ring (bicyclic) bond motifs is 2. The summed E-state index contributed by atoms with van der Waals surface area (Å²) in [5, 5.41) is 9.33. The van der Waals surface area contributed by atoms with Gasteiger partial charge in [0.25, 0.3) is 0 Å². The number of hydrogen-bond acceptors (Lipinski definition) is 5. The average molecular weight is 434 g/mol. The van der Waals surface area contributed by atoms with Crippen LogP contribution in [-0.4, -0.2) is 36.9 Å².